The van der Waals surface area contributed by atoms with Crippen LogP contribution in [-0.2, 0) is 0 Å². The Kier molecular flexibility index (Phi) is 3.85. The minimum absolute atomic E-state index is 0.155. The van der Waals surface area contributed by atoms with Crippen molar-refractivity contribution in [3.63, 3.8) is 0 Å². The molecule has 1 amide bonds. The molecule has 0 atom stereocenters. The number of carbonyl (C=O) groups is 1. The zero-order chi connectivity index (χ0) is 16.4. The summed E-state index contributed by atoms with van der Waals surface area (Å²) in [6.07, 6.45) is 1.49. The summed E-state index contributed by atoms with van der Waals surface area (Å²) in [6.45, 7) is 3.93. The maximum Gasteiger partial charge on any atom is 0.288 e. The number of H-pyrrole nitrogens is 1. The smallest absolute Gasteiger partial charge is 0.288 e. The summed E-state index contributed by atoms with van der Waals surface area (Å²) in [7, 11) is 0. The van der Waals surface area contributed by atoms with Crippen LogP contribution in [0, 0.1) is 13.8 Å². The van der Waals surface area contributed by atoms with Crippen LogP contribution in [0.5, 0.6) is 5.75 Å². The van der Waals surface area contributed by atoms with Crippen LogP contribution in [0.4, 0.5) is 0 Å². The van der Waals surface area contributed by atoms with Gasteiger partial charge in [0.1, 0.15) is 11.4 Å². The molecule has 5 heteroatoms. The van der Waals surface area contributed by atoms with E-state index >= 15 is 0 Å². The minimum atomic E-state index is -0.298. The molecule has 23 heavy (non-hydrogen) atoms. The van der Waals surface area contributed by atoms with Crippen molar-refractivity contribution in [3.8, 4) is 5.75 Å². The highest BCUT2D eigenvalue weighted by Crippen LogP contribution is 2.22. The lowest BCUT2D eigenvalue weighted by molar-refractivity contribution is 0.0950. The van der Waals surface area contributed by atoms with Crippen molar-refractivity contribution < 1.29 is 9.90 Å². The van der Waals surface area contributed by atoms with E-state index in [1.54, 1.807) is 24.3 Å². The second-order valence-electron chi connectivity index (χ2n) is 5.47. The standard InChI is InChI=1S/C18H17N3O2/c1-11-6-7-16-15(8-11)12(2)17(20-16)18(23)21-19-10-13-4-3-5-14(22)9-13/h3-10,20,22H,1-2H3,(H,21,23). The Morgan fingerprint density at radius 3 is 2.83 bits per heavy atom. The Hall–Kier alpha value is -3.08. The van der Waals surface area contributed by atoms with E-state index in [0.717, 1.165) is 22.0 Å². The van der Waals surface area contributed by atoms with Crippen LogP contribution in [0.3, 0.4) is 0 Å². The summed E-state index contributed by atoms with van der Waals surface area (Å²) >= 11 is 0. The molecule has 0 aliphatic carbocycles. The lowest BCUT2D eigenvalue weighted by Gasteiger charge is -1.99. The molecule has 116 valence electrons. The number of hydrogen-bond donors (Lipinski definition) is 3. The average molecular weight is 307 g/mol. The summed E-state index contributed by atoms with van der Waals surface area (Å²) in [5.41, 5.74) is 6.67. The van der Waals surface area contributed by atoms with Gasteiger partial charge in [-0.05, 0) is 49.2 Å². The van der Waals surface area contributed by atoms with Crippen LogP contribution in [0.15, 0.2) is 47.6 Å². The molecule has 0 saturated carbocycles. The number of hydrazone groups is 1. The summed E-state index contributed by atoms with van der Waals surface area (Å²) in [5, 5.41) is 14.4. The summed E-state index contributed by atoms with van der Waals surface area (Å²) < 4.78 is 0. The number of aryl methyl sites for hydroxylation is 2. The van der Waals surface area contributed by atoms with Gasteiger partial charge < -0.3 is 10.1 Å². The lowest BCUT2D eigenvalue weighted by atomic mass is 10.1. The van der Waals surface area contributed by atoms with Crippen LogP contribution < -0.4 is 5.43 Å². The zero-order valence-corrected chi connectivity index (χ0v) is 12.9. The highest BCUT2D eigenvalue weighted by atomic mass is 16.3. The third kappa shape index (κ3) is 3.08. The lowest BCUT2D eigenvalue weighted by Crippen LogP contribution is -2.18. The van der Waals surface area contributed by atoms with Crippen molar-refractivity contribution in [2.45, 2.75) is 13.8 Å². The first-order valence-corrected chi connectivity index (χ1v) is 7.26. The Morgan fingerprint density at radius 1 is 1.22 bits per heavy atom. The first-order valence-electron chi connectivity index (χ1n) is 7.26. The Labute approximate surface area is 133 Å². The molecule has 0 fully saturated rings. The van der Waals surface area contributed by atoms with E-state index in [-0.39, 0.29) is 11.7 Å². The Morgan fingerprint density at radius 2 is 2.04 bits per heavy atom. The topological polar surface area (TPSA) is 77.5 Å². The predicted octanol–water partition coefficient (Wildman–Crippen LogP) is 3.25. The van der Waals surface area contributed by atoms with Crippen molar-refractivity contribution in [2.75, 3.05) is 0 Å². The fourth-order valence-electron chi connectivity index (χ4n) is 2.49. The van der Waals surface area contributed by atoms with Gasteiger partial charge in [0, 0.05) is 10.9 Å². The molecular weight excluding hydrogens is 290 g/mol. The molecule has 1 heterocycles. The van der Waals surface area contributed by atoms with Crippen molar-refractivity contribution in [1.29, 1.82) is 0 Å². The van der Waals surface area contributed by atoms with E-state index in [0.29, 0.717) is 11.3 Å². The number of aromatic hydroxyl groups is 1. The van der Waals surface area contributed by atoms with Gasteiger partial charge in [0.2, 0.25) is 0 Å². The van der Waals surface area contributed by atoms with Crippen LogP contribution in [0.1, 0.15) is 27.2 Å². The predicted molar refractivity (Wildman–Crippen MR) is 90.9 cm³/mol. The second-order valence-corrected chi connectivity index (χ2v) is 5.47. The number of hydrogen-bond acceptors (Lipinski definition) is 3. The molecule has 3 aromatic rings. The van der Waals surface area contributed by atoms with Crippen LogP contribution in [-0.4, -0.2) is 22.2 Å². The van der Waals surface area contributed by atoms with Gasteiger partial charge in [-0.2, -0.15) is 5.10 Å². The first kappa shape index (κ1) is 14.8. The number of aromatic amines is 1. The van der Waals surface area contributed by atoms with Crippen molar-refractivity contribution in [3.05, 3.63) is 64.8 Å². The number of amides is 1. The van der Waals surface area contributed by atoms with Gasteiger partial charge in [-0.25, -0.2) is 5.43 Å². The van der Waals surface area contributed by atoms with Gasteiger partial charge in [0.15, 0.2) is 0 Å². The summed E-state index contributed by atoms with van der Waals surface area (Å²) in [5.74, 6) is -0.144. The van der Waals surface area contributed by atoms with E-state index in [1.807, 2.05) is 32.0 Å². The molecule has 0 radical (unpaired) electrons. The van der Waals surface area contributed by atoms with E-state index < -0.39 is 0 Å². The SMILES string of the molecule is Cc1ccc2[nH]c(C(=O)NN=Cc3cccc(O)c3)c(C)c2c1. The first-order chi connectivity index (χ1) is 11.0. The van der Waals surface area contributed by atoms with Crippen LogP contribution in [0.25, 0.3) is 10.9 Å². The fourth-order valence-corrected chi connectivity index (χ4v) is 2.49. The van der Waals surface area contributed by atoms with Crippen molar-refractivity contribution in [1.82, 2.24) is 10.4 Å². The van der Waals surface area contributed by atoms with E-state index in [4.69, 9.17) is 0 Å². The highest BCUT2D eigenvalue weighted by molar-refractivity contribution is 6.01. The van der Waals surface area contributed by atoms with Crippen molar-refractivity contribution in [2.24, 2.45) is 5.10 Å². The van der Waals surface area contributed by atoms with Gasteiger partial charge in [0.05, 0.1) is 6.21 Å². The number of carbonyl (C=O) groups excluding carboxylic acids is 1. The zero-order valence-electron chi connectivity index (χ0n) is 12.9. The third-order valence-electron chi connectivity index (χ3n) is 3.69. The third-order valence-corrected chi connectivity index (χ3v) is 3.69. The fraction of sp³-hybridized carbons (Fsp3) is 0.111. The number of phenols is 1. The number of nitrogens with one attached hydrogen (secondary N) is 2. The molecular formula is C18H17N3O2. The minimum Gasteiger partial charge on any atom is -0.508 e. The molecule has 0 aliphatic rings. The van der Waals surface area contributed by atoms with E-state index in [2.05, 4.69) is 15.5 Å². The number of nitrogens with zero attached hydrogens (tertiary/aromatic N) is 1. The summed E-state index contributed by atoms with van der Waals surface area (Å²) in [4.78, 5) is 15.4. The molecule has 0 saturated heterocycles. The molecule has 0 unspecified atom stereocenters. The number of aromatic nitrogens is 1. The molecule has 2 aromatic carbocycles. The number of phenolic OH excluding ortho intramolecular Hbond substituents is 1. The van der Waals surface area contributed by atoms with Crippen LogP contribution in [0.2, 0.25) is 0 Å². The Bertz CT molecular complexity index is 910. The molecule has 0 aliphatic heterocycles. The van der Waals surface area contributed by atoms with Gasteiger partial charge in [0.25, 0.3) is 5.91 Å². The van der Waals surface area contributed by atoms with E-state index in [9.17, 15) is 9.90 Å². The quantitative estimate of drug-likeness (QED) is 0.513. The number of rotatable bonds is 3. The maximum atomic E-state index is 12.3. The van der Waals surface area contributed by atoms with Gasteiger partial charge in [-0.15, -0.1) is 0 Å². The van der Waals surface area contributed by atoms with Gasteiger partial charge >= 0.3 is 0 Å². The molecule has 5 nitrogen and oxygen atoms in total. The number of fused-ring (bicyclic) bond motifs is 1. The number of benzene rings is 2. The van der Waals surface area contributed by atoms with Crippen LogP contribution >= 0.6 is 0 Å². The summed E-state index contributed by atoms with van der Waals surface area (Å²) in [6, 6.07) is 12.6. The molecule has 0 spiro atoms. The normalized spacial score (nSPS) is 11.2. The van der Waals surface area contributed by atoms with Gasteiger partial charge in [-0.3, -0.25) is 4.79 Å². The average Bonchev–Trinajstić information content (AvgIpc) is 2.84. The Balaban J connectivity index is 1.80. The molecule has 0 bridgehead atoms. The monoisotopic (exact) mass is 307 g/mol. The second kappa shape index (κ2) is 5.96. The highest BCUT2D eigenvalue weighted by Gasteiger charge is 2.14. The van der Waals surface area contributed by atoms with Gasteiger partial charge in [-0.1, -0.05) is 23.8 Å². The molecule has 3 N–H and O–H groups in total. The van der Waals surface area contributed by atoms with Crippen molar-refractivity contribution >= 4 is 23.0 Å². The van der Waals surface area contributed by atoms with E-state index in [1.165, 1.54) is 6.21 Å². The largest absolute Gasteiger partial charge is 0.508 e. The molecule has 3 rings (SSSR count). The molecule has 1 aromatic heterocycles. The maximum absolute atomic E-state index is 12.3.